The first-order chi connectivity index (χ1) is 24.7. The Bertz CT molecular complexity index is 1970. The molecular formula is C40H45ClN4O6. The van der Waals surface area contributed by atoms with E-state index in [1.165, 1.54) is 21.3 Å². The first kappa shape index (κ1) is 36.0. The molecule has 0 aliphatic carbocycles. The van der Waals surface area contributed by atoms with Crippen molar-refractivity contribution in [3.05, 3.63) is 106 Å². The molecule has 10 nitrogen and oxygen atoms in total. The molecule has 3 heterocycles. The van der Waals surface area contributed by atoms with E-state index >= 15 is 0 Å². The van der Waals surface area contributed by atoms with Crippen molar-refractivity contribution in [2.24, 2.45) is 5.92 Å². The Balaban J connectivity index is 1.12. The van der Waals surface area contributed by atoms with E-state index in [9.17, 15) is 9.59 Å². The normalized spacial score (nSPS) is 14.4. The highest BCUT2D eigenvalue weighted by molar-refractivity contribution is 6.30. The van der Waals surface area contributed by atoms with Crippen LogP contribution in [0.3, 0.4) is 0 Å². The average Bonchev–Trinajstić information content (AvgIpc) is 3.74. The number of nitrogens with zero attached hydrogens (tertiary/aromatic N) is 4. The molecule has 1 unspecified atom stereocenters. The monoisotopic (exact) mass is 712 g/mol. The number of amides is 1. The van der Waals surface area contributed by atoms with Gasteiger partial charge < -0.3 is 33.0 Å². The predicted octanol–water partition coefficient (Wildman–Crippen LogP) is 7.51. The molecule has 0 bridgehead atoms. The number of benzene rings is 3. The highest BCUT2D eigenvalue weighted by Crippen LogP contribution is 2.38. The van der Waals surface area contributed by atoms with Crippen LogP contribution in [0.15, 0.2) is 77.2 Å². The number of para-hydroxylation sites is 2. The summed E-state index contributed by atoms with van der Waals surface area (Å²) >= 11 is 6.43. The lowest BCUT2D eigenvalue weighted by Gasteiger charge is -2.33. The summed E-state index contributed by atoms with van der Waals surface area (Å²) in [4.78, 5) is 36.6. The number of Topliss-reactive ketones (excluding diaryl/α,β-unsaturated/α-hetero) is 1. The maximum Gasteiger partial charge on any atom is 0.253 e. The van der Waals surface area contributed by atoms with E-state index in [2.05, 4.69) is 11.0 Å². The van der Waals surface area contributed by atoms with E-state index in [0.717, 1.165) is 67.0 Å². The van der Waals surface area contributed by atoms with Crippen LogP contribution in [-0.4, -0.2) is 85.6 Å². The van der Waals surface area contributed by atoms with Crippen LogP contribution in [0.1, 0.15) is 63.2 Å². The van der Waals surface area contributed by atoms with Crippen molar-refractivity contribution in [1.29, 1.82) is 0 Å². The average molecular weight is 713 g/mol. The van der Waals surface area contributed by atoms with Crippen molar-refractivity contribution >= 4 is 34.3 Å². The molecule has 51 heavy (non-hydrogen) atoms. The Kier molecular flexibility index (Phi) is 11.3. The van der Waals surface area contributed by atoms with Gasteiger partial charge in [-0.2, -0.15) is 0 Å². The van der Waals surface area contributed by atoms with Gasteiger partial charge in [0.15, 0.2) is 17.3 Å². The second kappa shape index (κ2) is 16.0. The van der Waals surface area contributed by atoms with E-state index in [1.54, 1.807) is 24.1 Å². The summed E-state index contributed by atoms with van der Waals surface area (Å²) in [7, 11) is 6.40. The molecule has 268 valence electrons. The van der Waals surface area contributed by atoms with Crippen molar-refractivity contribution in [3.8, 4) is 17.2 Å². The summed E-state index contributed by atoms with van der Waals surface area (Å²) in [6.45, 7) is 5.28. The molecule has 2 aromatic heterocycles. The zero-order valence-electron chi connectivity index (χ0n) is 29.9. The first-order valence-corrected chi connectivity index (χ1v) is 17.6. The fourth-order valence-electron chi connectivity index (χ4n) is 7.05. The van der Waals surface area contributed by atoms with Crippen LogP contribution < -0.4 is 14.2 Å². The molecule has 0 N–H and O–H groups in total. The Morgan fingerprint density at radius 3 is 2.33 bits per heavy atom. The van der Waals surface area contributed by atoms with Crippen molar-refractivity contribution in [2.75, 3.05) is 54.6 Å². The molecular weight excluding hydrogens is 668 g/mol. The number of ether oxygens (including phenoxy) is 3. The highest BCUT2D eigenvalue weighted by Gasteiger charge is 2.30. The Hall–Kier alpha value is -4.80. The van der Waals surface area contributed by atoms with Gasteiger partial charge in [0.2, 0.25) is 11.5 Å². The minimum atomic E-state index is -0.159. The second-order valence-corrected chi connectivity index (χ2v) is 13.6. The van der Waals surface area contributed by atoms with E-state index in [1.807, 2.05) is 66.1 Å². The van der Waals surface area contributed by atoms with Crippen LogP contribution in [0, 0.1) is 12.8 Å². The van der Waals surface area contributed by atoms with Gasteiger partial charge in [-0.25, -0.2) is 4.98 Å². The number of hydrogen-bond donors (Lipinski definition) is 0. The number of likely N-dealkylation sites (tertiary alicyclic amines) is 1. The zero-order chi connectivity index (χ0) is 36.1. The molecule has 3 aromatic carbocycles. The molecule has 5 aromatic rings. The smallest absolute Gasteiger partial charge is 0.253 e. The van der Waals surface area contributed by atoms with Crippen LogP contribution >= 0.6 is 11.6 Å². The number of fused-ring (bicyclic) bond motifs is 1. The van der Waals surface area contributed by atoms with Gasteiger partial charge in [-0.1, -0.05) is 35.9 Å². The summed E-state index contributed by atoms with van der Waals surface area (Å²) in [5, 5.41) is 0.656. The quantitative estimate of drug-likeness (QED) is 0.109. The van der Waals surface area contributed by atoms with Crippen LogP contribution in [0.25, 0.3) is 11.0 Å². The molecule has 1 saturated heterocycles. The molecule has 0 radical (unpaired) electrons. The number of halogens is 1. The fourth-order valence-corrected chi connectivity index (χ4v) is 7.25. The molecule has 0 spiro atoms. The molecule has 0 saturated carbocycles. The van der Waals surface area contributed by atoms with Crippen LogP contribution in [0.4, 0.5) is 0 Å². The topological polar surface area (TPSA) is 99.3 Å². The number of furan rings is 1. The lowest BCUT2D eigenvalue weighted by molar-refractivity contribution is 0.0778. The third-order valence-corrected chi connectivity index (χ3v) is 10.0. The predicted molar refractivity (Wildman–Crippen MR) is 198 cm³/mol. The largest absolute Gasteiger partial charge is 0.493 e. The minimum Gasteiger partial charge on any atom is -0.493 e. The number of methoxy groups -OCH3 is 3. The molecule has 11 heteroatoms. The maximum absolute atomic E-state index is 14.0. The summed E-state index contributed by atoms with van der Waals surface area (Å²) in [6.07, 6.45) is 2.32. The summed E-state index contributed by atoms with van der Waals surface area (Å²) < 4.78 is 24.3. The zero-order valence-corrected chi connectivity index (χ0v) is 30.6. The first-order valence-electron chi connectivity index (χ1n) is 17.3. The van der Waals surface area contributed by atoms with Gasteiger partial charge in [-0.05, 0) is 99.9 Å². The Morgan fingerprint density at radius 1 is 0.961 bits per heavy atom. The minimum absolute atomic E-state index is 0.0317. The van der Waals surface area contributed by atoms with Crippen molar-refractivity contribution in [3.63, 3.8) is 0 Å². The summed E-state index contributed by atoms with van der Waals surface area (Å²) in [5.74, 6) is 3.25. The molecule has 1 aliphatic heterocycles. The van der Waals surface area contributed by atoms with E-state index in [0.29, 0.717) is 46.7 Å². The van der Waals surface area contributed by atoms with Gasteiger partial charge in [-0.3, -0.25) is 9.59 Å². The molecule has 1 aliphatic rings. The Labute approximate surface area is 303 Å². The lowest BCUT2D eigenvalue weighted by atomic mass is 9.90. The molecule has 1 atom stereocenters. The molecule has 6 rings (SSSR count). The Morgan fingerprint density at radius 2 is 1.69 bits per heavy atom. The lowest BCUT2D eigenvalue weighted by Crippen LogP contribution is -2.38. The number of carbonyl (C=O) groups excluding carboxylic acids is 2. The van der Waals surface area contributed by atoms with E-state index < -0.39 is 0 Å². The number of carbonyl (C=O) groups is 2. The standard InChI is InChI=1S/C40H45ClN4O6/c1-26-13-14-32(51-26)25-45-34-12-7-6-11-33(34)42-39(45)37(46)27-15-18-44(19-16-27)20-17-29(28-9-8-10-31(41)21-28)24-43(2)40(47)30-22-35(48-3)38(50-5)36(23-30)49-4/h6-14,21-23,27,29H,15-20,24-25H2,1-5H3. The van der Waals surface area contributed by atoms with Crippen LogP contribution in [0.5, 0.6) is 17.2 Å². The maximum atomic E-state index is 14.0. The fraction of sp³-hybridized carbons (Fsp3) is 0.375. The summed E-state index contributed by atoms with van der Waals surface area (Å²) in [5.41, 5.74) is 3.24. The highest BCUT2D eigenvalue weighted by atomic mass is 35.5. The number of piperidine rings is 1. The number of likely N-dealkylation sites (N-methyl/N-ethyl adjacent to an activating group) is 1. The van der Waals surface area contributed by atoms with Gasteiger partial charge in [0.1, 0.15) is 11.5 Å². The number of imidazole rings is 1. The number of aromatic nitrogens is 2. The van der Waals surface area contributed by atoms with Crippen molar-refractivity contribution < 1.29 is 28.2 Å². The van der Waals surface area contributed by atoms with Crippen molar-refractivity contribution in [2.45, 2.75) is 38.6 Å². The summed E-state index contributed by atoms with van der Waals surface area (Å²) in [6, 6.07) is 23.0. The number of rotatable bonds is 14. The van der Waals surface area contributed by atoms with Gasteiger partial charge in [-0.15, -0.1) is 0 Å². The number of aryl methyl sites for hydroxylation is 1. The SMILES string of the molecule is COc1cc(C(=O)N(C)CC(CCN2CCC(C(=O)c3nc4ccccc4n3Cc3ccc(C)o3)CC2)c2cccc(Cl)c2)cc(OC)c1OC. The van der Waals surface area contributed by atoms with Crippen molar-refractivity contribution in [1.82, 2.24) is 19.4 Å². The third-order valence-electron chi connectivity index (χ3n) is 9.81. The number of hydrogen-bond acceptors (Lipinski definition) is 8. The van der Waals surface area contributed by atoms with Gasteiger partial charge in [0, 0.05) is 36.0 Å². The van der Waals surface area contributed by atoms with Gasteiger partial charge in [0.25, 0.3) is 5.91 Å². The second-order valence-electron chi connectivity index (χ2n) is 13.1. The molecule has 1 fully saturated rings. The van der Waals surface area contributed by atoms with Gasteiger partial charge >= 0.3 is 0 Å². The molecule has 1 amide bonds. The van der Waals surface area contributed by atoms with E-state index in [-0.39, 0.29) is 23.5 Å². The van der Waals surface area contributed by atoms with E-state index in [4.69, 9.17) is 35.2 Å². The van der Waals surface area contributed by atoms with Crippen LogP contribution in [0.2, 0.25) is 5.02 Å². The third kappa shape index (κ3) is 8.08. The number of ketones is 1. The van der Waals surface area contributed by atoms with Crippen LogP contribution in [-0.2, 0) is 6.54 Å². The van der Waals surface area contributed by atoms with Gasteiger partial charge in [0.05, 0.1) is 38.9 Å².